The highest BCUT2D eigenvalue weighted by atomic mass is 16.3. The summed E-state index contributed by atoms with van der Waals surface area (Å²) in [4.78, 5) is 11.8. The smallest absolute Gasteiger partial charge is 0.223 e. The molecule has 1 aliphatic carbocycles. The van der Waals surface area contributed by atoms with Gasteiger partial charge in [0.1, 0.15) is 0 Å². The van der Waals surface area contributed by atoms with Gasteiger partial charge in [0.15, 0.2) is 0 Å². The number of aliphatic hydroxyl groups excluding tert-OH is 1. The molecule has 2 atom stereocenters. The summed E-state index contributed by atoms with van der Waals surface area (Å²) in [5, 5.41) is 12.8. The van der Waals surface area contributed by atoms with Gasteiger partial charge >= 0.3 is 0 Å². The molecule has 1 amide bonds. The van der Waals surface area contributed by atoms with Gasteiger partial charge in [-0.1, -0.05) is 32.9 Å². The van der Waals surface area contributed by atoms with Gasteiger partial charge in [0.05, 0.1) is 6.10 Å². The fourth-order valence-electron chi connectivity index (χ4n) is 1.94. The quantitative estimate of drug-likeness (QED) is 0.739. The Kier molecular flexibility index (Phi) is 5.19. The predicted octanol–water partition coefficient (Wildman–Crippen LogP) is 2.26. The molecule has 0 fully saturated rings. The number of aliphatic hydroxyl groups is 1. The molecule has 17 heavy (non-hydrogen) atoms. The molecule has 0 saturated heterocycles. The molecule has 0 heterocycles. The molecule has 1 aliphatic rings. The minimum atomic E-state index is -0.367. The summed E-state index contributed by atoms with van der Waals surface area (Å²) >= 11 is 0. The zero-order chi connectivity index (χ0) is 12.9. The molecule has 0 bridgehead atoms. The molecule has 3 nitrogen and oxygen atoms in total. The Morgan fingerprint density at radius 2 is 2.18 bits per heavy atom. The van der Waals surface area contributed by atoms with Crippen molar-refractivity contribution in [2.24, 2.45) is 11.3 Å². The maximum atomic E-state index is 11.8. The normalized spacial score (nSPS) is 22.2. The van der Waals surface area contributed by atoms with Crippen molar-refractivity contribution in [1.29, 1.82) is 0 Å². The van der Waals surface area contributed by atoms with Crippen LogP contribution in [-0.2, 0) is 4.79 Å². The van der Waals surface area contributed by atoms with Gasteiger partial charge in [-0.3, -0.25) is 4.79 Å². The Bertz CT molecular complexity index is 278. The highest BCUT2D eigenvalue weighted by Gasteiger charge is 2.23. The first-order valence-electron chi connectivity index (χ1n) is 6.52. The third-order valence-corrected chi connectivity index (χ3v) is 3.36. The van der Waals surface area contributed by atoms with Gasteiger partial charge in [-0.25, -0.2) is 0 Å². The summed E-state index contributed by atoms with van der Waals surface area (Å²) in [6.45, 7) is 6.58. The molecule has 0 aromatic heterocycles. The van der Waals surface area contributed by atoms with Crippen molar-refractivity contribution in [3.8, 4) is 0 Å². The second-order valence-corrected chi connectivity index (χ2v) is 5.94. The fourth-order valence-corrected chi connectivity index (χ4v) is 1.94. The Hall–Kier alpha value is -0.830. The van der Waals surface area contributed by atoms with Crippen molar-refractivity contribution >= 4 is 5.91 Å². The maximum absolute atomic E-state index is 11.8. The van der Waals surface area contributed by atoms with Crippen LogP contribution in [0.1, 0.15) is 46.5 Å². The molecule has 0 aromatic carbocycles. The number of allylic oxidation sites excluding steroid dienone is 2. The summed E-state index contributed by atoms with van der Waals surface area (Å²) in [7, 11) is 0. The van der Waals surface area contributed by atoms with E-state index in [1.54, 1.807) is 0 Å². The minimum absolute atomic E-state index is 0.113. The highest BCUT2D eigenvalue weighted by Crippen LogP contribution is 2.21. The average Bonchev–Trinajstić information content (AvgIpc) is 2.28. The molecular weight excluding hydrogens is 214 g/mol. The zero-order valence-electron chi connectivity index (χ0n) is 11.2. The van der Waals surface area contributed by atoms with Crippen LogP contribution in [0, 0.1) is 11.3 Å². The zero-order valence-corrected chi connectivity index (χ0v) is 11.2. The van der Waals surface area contributed by atoms with E-state index in [0.29, 0.717) is 13.0 Å². The molecular formula is C14H25NO2. The number of hydrogen-bond donors (Lipinski definition) is 2. The molecule has 98 valence electrons. The van der Waals surface area contributed by atoms with Crippen LogP contribution >= 0.6 is 0 Å². The SMILES string of the molecule is CC(C)(C)[C@H](O)CCNC(=O)[C@@H]1CC=CCC1. The molecule has 0 aromatic rings. The Labute approximate surface area is 104 Å². The van der Waals surface area contributed by atoms with Gasteiger partial charge in [0.2, 0.25) is 5.91 Å². The third-order valence-electron chi connectivity index (χ3n) is 3.36. The van der Waals surface area contributed by atoms with Crippen LogP contribution in [-0.4, -0.2) is 23.7 Å². The van der Waals surface area contributed by atoms with Crippen LogP contribution in [0.5, 0.6) is 0 Å². The lowest BCUT2D eigenvalue weighted by atomic mass is 9.87. The molecule has 3 heteroatoms. The summed E-state index contributed by atoms with van der Waals surface area (Å²) < 4.78 is 0. The highest BCUT2D eigenvalue weighted by molar-refractivity contribution is 5.78. The number of carbonyl (C=O) groups is 1. The van der Waals surface area contributed by atoms with E-state index < -0.39 is 0 Å². The second kappa shape index (κ2) is 6.20. The summed E-state index contributed by atoms with van der Waals surface area (Å²) in [6, 6.07) is 0. The number of nitrogens with one attached hydrogen (secondary N) is 1. The van der Waals surface area contributed by atoms with E-state index in [4.69, 9.17) is 0 Å². The number of rotatable bonds is 4. The maximum Gasteiger partial charge on any atom is 0.223 e. The lowest BCUT2D eigenvalue weighted by molar-refractivity contribution is -0.125. The standard InChI is InChI=1S/C14H25NO2/c1-14(2,3)12(16)9-10-15-13(17)11-7-5-4-6-8-11/h4-5,11-12,16H,6-10H2,1-3H3,(H,15,17)/t11-,12-/m1/s1. The van der Waals surface area contributed by atoms with Crippen molar-refractivity contribution in [1.82, 2.24) is 5.32 Å². The number of amides is 1. The molecule has 0 radical (unpaired) electrons. The van der Waals surface area contributed by atoms with E-state index in [1.165, 1.54) is 0 Å². The van der Waals surface area contributed by atoms with Crippen LogP contribution in [0.4, 0.5) is 0 Å². The Morgan fingerprint density at radius 3 is 2.71 bits per heavy atom. The van der Waals surface area contributed by atoms with Gasteiger partial charge in [-0.2, -0.15) is 0 Å². The summed E-state index contributed by atoms with van der Waals surface area (Å²) in [6.07, 6.45) is 7.28. The first-order valence-corrected chi connectivity index (χ1v) is 6.52. The van der Waals surface area contributed by atoms with Crippen LogP contribution in [0.2, 0.25) is 0 Å². The first-order chi connectivity index (χ1) is 7.91. The number of hydrogen-bond acceptors (Lipinski definition) is 2. The number of carbonyl (C=O) groups excluding carboxylic acids is 1. The van der Waals surface area contributed by atoms with Crippen molar-refractivity contribution in [2.75, 3.05) is 6.54 Å². The van der Waals surface area contributed by atoms with E-state index in [1.807, 2.05) is 20.8 Å². The monoisotopic (exact) mass is 239 g/mol. The predicted molar refractivity (Wildman–Crippen MR) is 69.6 cm³/mol. The molecule has 1 rings (SSSR count). The molecule has 2 N–H and O–H groups in total. The molecule has 0 saturated carbocycles. The first kappa shape index (κ1) is 14.2. The van der Waals surface area contributed by atoms with Gasteiger partial charge in [-0.05, 0) is 31.1 Å². The van der Waals surface area contributed by atoms with Gasteiger partial charge in [-0.15, -0.1) is 0 Å². The topological polar surface area (TPSA) is 49.3 Å². The van der Waals surface area contributed by atoms with E-state index in [9.17, 15) is 9.90 Å². The van der Waals surface area contributed by atoms with E-state index in [-0.39, 0.29) is 23.3 Å². The lowest BCUT2D eigenvalue weighted by Gasteiger charge is -2.26. The molecule has 0 aliphatic heterocycles. The second-order valence-electron chi connectivity index (χ2n) is 5.94. The Morgan fingerprint density at radius 1 is 1.47 bits per heavy atom. The van der Waals surface area contributed by atoms with E-state index >= 15 is 0 Å². The van der Waals surface area contributed by atoms with Crippen molar-refractivity contribution < 1.29 is 9.90 Å². The van der Waals surface area contributed by atoms with Gasteiger partial charge in [0.25, 0.3) is 0 Å². The van der Waals surface area contributed by atoms with Crippen LogP contribution in [0.25, 0.3) is 0 Å². The summed E-state index contributed by atoms with van der Waals surface area (Å²) in [5.41, 5.74) is -0.113. The van der Waals surface area contributed by atoms with Gasteiger partial charge < -0.3 is 10.4 Å². The Balaban J connectivity index is 2.22. The lowest BCUT2D eigenvalue weighted by Crippen LogP contribution is -2.35. The molecule has 0 spiro atoms. The summed E-state index contributed by atoms with van der Waals surface area (Å²) in [5.74, 6) is 0.266. The van der Waals surface area contributed by atoms with Crippen molar-refractivity contribution in [2.45, 2.75) is 52.6 Å². The van der Waals surface area contributed by atoms with Crippen LogP contribution in [0.3, 0.4) is 0 Å². The van der Waals surface area contributed by atoms with E-state index in [2.05, 4.69) is 17.5 Å². The van der Waals surface area contributed by atoms with Gasteiger partial charge in [0, 0.05) is 12.5 Å². The van der Waals surface area contributed by atoms with E-state index in [0.717, 1.165) is 19.3 Å². The van der Waals surface area contributed by atoms with Crippen molar-refractivity contribution in [3.63, 3.8) is 0 Å². The third kappa shape index (κ3) is 4.90. The largest absolute Gasteiger partial charge is 0.393 e. The minimum Gasteiger partial charge on any atom is -0.393 e. The average molecular weight is 239 g/mol. The molecule has 0 unspecified atom stereocenters. The van der Waals surface area contributed by atoms with Crippen LogP contribution in [0.15, 0.2) is 12.2 Å². The van der Waals surface area contributed by atoms with Crippen LogP contribution < -0.4 is 5.32 Å². The van der Waals surface area contributed by atoms with Crippen molar-refractivity contribution in [3.05, 3.63) is 12.2 Å². The fraction of sp³-hybridized carbons (Fsp3) is 0.786.